The average molecular weight is 348 g/mol. The van der Waals surface area contributed by atoms with Crippen LogP contribution in [0.5, 0.6) is 0 Å². The van der Waals surface area contributed by atoms with E-state index in [2.05, 4.69) is 4.72 Å². The van der Waals surface area contributed by atoms with Gasteiger partial charge in [0.2, 0.25) is 20.0 Å². The Kier molecular flexibility index (Phi) is 5.13. The molecular weight excluding hydrogens is 324 g/mol. The Morgan fingerprint density at radius 1 is 1.00 bits per heavy atom. The molecule has 0 aliphatic rings. The molecule has 0 aromatic heterocycles. The lowest BCUT2D eigenvalue weighted by atomic mass is 9.82. The van der Waals surface area contributed by atoms with E-state index in [1.807, 2.05) is 20.8 Å². The molecule has 1 rings (SSSR count). The summed E-state index contributed by atoms with van der Waals surface area (Å²) in [5.74, 6) is 0. The smallest absolute Gasteiger partial charge is 0.225 e. The van der Waals surface area contributed by atoms with Crippen molar-refractivity contribution in [1.29, 1.82) is 0 Å². The van der Waals surface area contributed by atoms with Crippen molar-refractivity contribution in [3.05, 3.63) is 24.3 Å². The maximum absolute atomic E-state index is 12.5. The Hall–Kier alpha value is -0.960. The molecule has 126 valence electrons. The van der Waals surface area contributed by atoms with Gasteiger partial charge in [0, 0.05) is 5.54 Å². The lowest BCUT2D eigenvalue weighted by Gasteiger charge is -2.33. The van der Waals surface area contributed by atoms with Gasteiger partial charge in [0.25, 0.3) is 0 Å². The molecule has 0 fully saturated rings. The van der Waals surface area contributed by atoms with Gasteiger partial charge < -0.3 is 0 Å². The Morgan fingerprint density at radius 3 is 1.95 bits per heavy atom. The summed E-state index contributed by atoms with van der Waals surface area (Å²) in [6, 6.07) is 5.01. The fourth-order valence-electron chi connectivity index (χ4n) is 2.60. The first-order valence-corrected chi connectivity index (χ1v) is 9.82. The zero-order valence-electron chi connectivity index (χ0n) is 13.5. The second-order valence-corrected chi connectivity index (χ2v) is 10.5. The summed E-state index contributed by atoms with van der Waals surface area (Å²) in [5, 5.41) is 5.04. The van der Waals surface area contributed by atoms with Gasteiger partial charge in [-0.3, -0.25) is 0 Å². The van der Waals surface area contributed by atoms with Gasteiger partial charge in [0.1, 0.15) is 0 Å². The van der Waals surface area contributed by atoms with E-state index in [1.165, 1.54) is 18.2 Å². The average Bonchev–Trinajstić information content (AvgIpc) is 2.22. The van der Waals surface area contributed by atoms with Gasteiger partial charge in [-0.1, -0.05) is 26.8 Å². The molecule has 0 saturated carbocycles. The standard InChI is InChI=1S/C14H24N2O4S2/c1-13(2,3)10-14(4,5)16-22(19,20)12-8-6-7-11(9-12)21(15,17)18/h6-9,16H,10H2,1-5H3,(H2,15,17,18). The molecule has 1 aromatic carbocycles. The summed E-state index contributed by atoms with van der Waals surface area (Å²) < 4.78 is 50.2. The van der Waals surface area contributed by atoms with Gasteiger partial charge in [0.05, 0.1) is 9.79 Å². The van der Waals surface area contributed by atoms with Crippen molar-refractivity contribution in [2.24, 2.45) is 10.6 Å². The van der Waals surface area contributed by atoms with E-state index in [-0.39, 0.29) is 15.2 Å². The molecule has 0 radical (unpaired) electrons. The molecule has 8 heteroatoms. The maximum atomic E-state index is 12.5. The van der Waals surface area contributed by atoms with Crippen molar-refractivity contribution in [2.75, 3.05) is 0 Å². The minimum Gasteiger partial charge on any atom is -0.225 e. The fourth-order valence-corrected chi connectivity index (χ4v) is 4.69. The predicted octanol–water partition coefficient (Wildman–Crippen LogP) is 1.83. The van der Waals surface area contributed by atoms with E-state index >= 15 is 0 Å². The van der Waals surface area contributed by atoms with Crippen LogP contribution in [-0.4, -0.2) is 22.4 Å². The van der Waals surface area contributed by atoms with Crippen LogP contribution >= 0.6 is 0 Å². The molecule has 0 saturated heterocycles. The number of sulfonamides is 2. The van der Waals surface area contributed by atoms with E-state index in [0.717, 1.165) is 6.07 Å². The second-order valence-electron chi connectivity index (χ2n) is 7.25. The molecule has 0 unspecified atom stereocenters. The number of nitrogens with two attached hydrogens (primary N) is 1. The number of benzene rings is 1. The number of rotatable bonds is 5. The van der Waals surface area contributed by atoms with Crippen LogP contribution in [0.2, 0.25) is 0 Å². The third-order valence-corrected chi connectivity index (χ3v) is 5.43. The third kappa shape index (κ3) is 5.68. The highest BCUT2D eigenvalue weighted by Gasteiger charge is 2.30. The molecule has 0 bridgehead atoms. The molecule has 0 atom stereocenters. The largest absolute Gasteiger partial charge is 0.241 e. The van der Waals surface area contributed by atoms with Crippen molar-refractivity contribution in [1.82, 2.24) is 4.72 Å². The zero-order chi connectivity index (χ0) is 17.4. The number of primary sulfonamides is 1. The van der Waals surface area contributed by atoms with Crippen molar-refractivity contribution in [2.45, 2.75) is 56.4 Å². The summed E-state index contributed by atoms with van der Waals surface area (Å²) in [6.45, 7) is 9.64. The van der Waals surface area contributed by atoms with Crippen LogP contribution in [0.1, 0.15) is 41.0 Å². The number of hydrogen-bond donors (Lipinski definition) is 2. The van der Waals surface area contributed by atoms with Crippen LogP contribution in [0.15, 0.2) is 34.1 Å². The SMILES string of the molecule is CC(C)(C)CC(C)(C)NS(=O)(=O)c1cccc(S(N)(=O)=O)c1. The second kappa shape index (κ2) is 5.92. The molecule has 1 aromatic rings. The topological polar surface area (TPSA) is 106 Å². The van der Waals surface area contributed by atoms with Crippen LogP contribution in [0.4, 0.5) is 0 Å². The predicted molar refractivity (Wildman–Crippen MR) is 86.3 cm³/mol. The molecule has 0 aliphatic heterocycles. The van der Waals surface area contributed by atoms with Crippen molar-refractivity contribution < 1.29 is 16.8 Å². The molecule has 0 spiro atoms. The molecule has 0 heterocycles. The first-order valence-electron chi connectivity index (χ1n) is 6.79. The van der Waals surface area contributed by atoms with E-state index < -0.39 is 25.6 Å². The highest BCUT2D eigenvalue weighted by Crippen LogP contribution is 2.28. The monoisotopic (exact) mass is 348 g/mol. The van der Waals surface area contributed by atoms with Gasteiger partial charge >= 0.3 is 0 Å². The highest BCUT2D eigenvalue weighted by molar-refractivity contribution is 7.90. The van der Waals surface area contributed by atoms with Crippen LogP contribution in [-0.2, 0) is 20.0 Å². The van der Waals surface area contributed by atoms with Crippen LogP contribution in [0.3, 0.4) is 0 Å². The maximum Gasteiger partial charge on any atom is 0.241 e. The van der Waals surface area contributed by atoms with Crippen molar-refractivity contribution in [3.8, 4) is 0 Å². The van der Waals surface area contributed by atoms with Gasteiger partial charge in [-0.15, -0.1) is 0 Å². The lowest BCUT2D eigenvalue weighted by molar-refractivity contribution is 0.269. The zero-order valence-corrected chi connectivity index (χ0v) is 15.2. The normalized spacial score (nSPS) is 14.1. The van der Waals surface area contributed by atoms with Gasteiger partial charge in [-0.25, -0.2) is 26.7 Å². The molecule has 3 N–H and O–H groups in total. The highest BCUT2D eigenvalue weighted by atomic mass is 32.2. The van der Waals surface area contributed by atoms with E-state index in [9.17, 15) is 16.8 Å². The van der Waals surface area contributed by atoms with Gasteiger partial charge in [-0.2, -0.15) is 0 Å². The first kappa shape index (κ1) is 19.1. The van der Waals surface area contributed by atoms with Gasteiger partial charge in [-0.05, 0) is 43.9 Å². The molecule has 22 heavy (non-hydrogen) atoms. The Bertz CT molecular complexity index is 745. The Balaban J connectivity index is 3.16. The Labute approximate surface area is 133 Å². The summed E-state index contributed by atoms with van der Waals surface area (Å²) >= 11 is 0. The fraction of sp³-hybridized carbons (Fsp3) is 0.571. The van der Waals surface area contributed by atoms with Crippen molar-refractivity contribution in [3.63, 3.8) is 0 Å². The van der Waals surface area contributed by atoms with E-state index in [4.69, 9.17) is 5.14 Å². The van der Waals surface area contributed by atoms with E-state index in [1.54, 1.807) is 13.8 Å². The molecular formula is C14H24N2O4S2. The molecule has 0 aliphatic carbocycles. The quantitative estimate of drug-likeness (QED) is 0.846. The summed E-state index contributed by atoms with van der Waals surface area (Å²) in [7, 11) is -7.79. The number of hydrogen-bond acceptors (Lipinski definition) is 4. The minimum atomic E-state index is -3.95. The van der Waals surface area contributed by atoms with Gasteiger partial charge in [0.15, 0.2) is 0 Å². The molecule has 6 nitrogen and oxygen atoms in total. The van der Waals surface area contributed by atoms with Crippen LogP contribution < -0.4 is 9.86 Å². The third-order valence-electron chi connectivity index (χ3n) is 2.83. The number of nitrogens with one attached hydrogen (secondary N) is 1. The summed E-state index contributed by atoms with van der Waals surface area (Å²) in [4.78, 5) is -0.356. The van der Waals surface area contributed by atoms with Crippen LogP contribution in [0.25, 0.3) is 0 Å². The summed E-state index contributed by atoms with van der Waals surface area (Å²) in [6.07, 6.45) is 0.619. The van der Waals surface area contributed by atoms with Crippen LogP contribution in [0, 0.1) is 5.41 Å². The first-order chi connectivity index (χ1) is 9.62. The minimum absolute atomic E-state index is 0.0610. The Morgan fingerprint density at radius 2 is 1.50 bits per heavy atom. The summed E-state index contributed by atoms with van der Waals surface area (Å²) in [5.41, 5.74) is -0.733. The van der Waals surface area contributed by atoms with E-state index in [0.29, 0.717) is 6.42 Å². The molecule has 0 amide bonds. The van der Waals surface area contributed by atoms with Crippen molar-refractivity contribution >= 4 is 20.0 Å². The lowest BCUT2D eigenvalue weighted by Crippen LogP contribution is -2.45.